The number of hydrogen-bond acceptors (Lipinski definition) is 3. The van der Waals surface area contributed by atoms with Gasteiger partial charge in [0.25, 0.3) is 0 Å². The van der Waals surface area contributed by atoms with Gasteiger partial charge in [-0.15, -0.1) is 11.3 Å². The molecule has 0 spiro atoms. The van der Waals surface area contributed by atoms with E-state index in [0.29, 0.717) is 0 Å². The summed E-state index contributed by atoms with van der Waals surface area (Å²) < 4.78 is 1.20. The molecule has 3 aromatic carbocycles. The van der Waals surface area contributed by atoms with Crippen LogP contribution in [0.4, 0.5) is 0 Å². The SMILES string of the molecule is Clc1nc(-c2ccc3ccccc3c2)c2c(n1)sc1ccccc12. The van der Waals surface area contributed by atoms with Gasteiger partial charge in [-0.3, -0.25) is 0 Å². The fourth-order valence-corrected chi connectivity index (χ4v) is 4.44. The van der Waals surface area contributed by atoms with E-state index in [4.69, 9.17) is 11.6 Å². The van der Waals surface area contributed by atoms with Crippen molar-refractivity contribution in [3.05, 3.63) is 72.0 Å². The van der Waals surface area contributed by atoms with Crippen molar-refractivity contribution in [3.8, 4) is 11.3 Å². The minimum absolute atomic E-state index is 0.289. The lowest BCUT2D eigenvalue weighted by Crippen LogP contribution is -1.89. The van der Waals surface area contributed by atoms with E-state index < -0.39 is 0 Å². The number of thiophene rings is 1. The lowest BCUT2D eigenvalue weighted by atomic mass is 10.0. The first kappa shape index (κ1) is 13.9. The van der Waals surface area contributed by atoms with Crippen LogP contribution >= 0.6 is 22.9 Å². The van der Waals surface area contributed by atoms with Gasteiger partial charge < -0.3 is 0 Å². The van der Waals surface area contributed by atoms with Crippen molar-refractivity contribution in [3.63, 3.8) is 0 Å². The van der Waals surface area contributed by atoms with E-state index in [1.165, 1.54) is 20.9 Å². The number of rotatable bonds is 1. The van der Waals surface area contributed by atoms with Gasteiger partial charge in [0.05, 0.1) is 5.69 Å². The number of halogens is 1. The second-order valence-corrected chi connectivity index (χ2v) is 7.05. The van der Waals surface area contributed by atoms with Crippen molar-refractivity contribution in [2.75, 3.05) is 0 Å². The van der Waals surface area contributed by atoms with E-state index in [0.717, 1.165) is 21.5 Å². The molecular weight excluding hydrogens is 336 g/mol. The van der Waals surface area contributed by atoms with Crippen LogP contribution in [-0.2, 0) is 0 Å². The second kappa shape index (κ2) is 5.26. The Labute approximate surface area is 147 Å². The molecule has 0 fully saturated rings. The maximum absolute atomic E-state index is 6.20. The minimum Gasteiger partial charge on any atom is -0.217 e. The lowest BCUT2D eigenvalue weighted by Gasteiger charge is -2.06. The topological polar surface area (TPSA) is 25.8 Å². The van der Waals surface area contributed by atoms with Gasteiger partial charge in [0.15, 0.2) is 0 Å². The second-order valence-electron chi connectivity index (χ2n) is 5.68. The highest BCUT2D eigenvalue weighted by atomic mass is 35.5. The van der Waals surface area contributed by atoms with Gasteiger partial charge in [-0.25, -0.2) is 9.97 Å². The number of aromatic nitrogens is 2. The van der Waals surface area contributed by atoms with Crippen molar-refractivity contribution in [2.45, 2.75) is 0 Å². The van der Waals surface area contributed by atoms with E-state index in [9.17, 15) is 0 Å². The van der Waals surface area contributed by atoms with Crippen LogP contribution in [0.3, 0.4) is 0 Å². The minimum atomic E-state index is 0.289. The molecule has 0 N–H and O–H groups in total. The van der Waals surface area contributed by atoms with E-state index >= 15 is 0 Å². The van der Waals surface area contributed by atoms with Gasteiger partial charge in [-0.05, 0) is 34.5 Å². The van der Waals surface area contributed by atoms with Gasteiger partial charge in [-0.2, -0.15) is 0 Å². The Morgan fingerprint density at radius 1 is 0.792 bits per heavy atom. The lowest BCUT2D eigenvalue weighted by molar-refractivity contribution is 1.24. The van der Waals surface area contributed by atoms with Crippen LogP contribution < -0.4 is 0 Å². The molecule has 0 aliphatic carbocycles. The first-order chi connectivity index (χ1) is 11.8. The maximum atomic E-state index is 6.20. The van der Waals surface area contributed by atoms with E-state index in [1.807, 2.05) is 18.2 Å². The van der Waals surface area contributed by atoms with E-state index in [-0.39, 0.29) is 5.28 Å². The molecule has 0 radical (unpaired) electrons. The summed E-state index contributed by atoms with van der Waals surface area (Å²) in [5, 5.41) is 4.95. The van der Waals surface area contributed by atoms with Crippen LogP contribution in [0, 0.1) is 0 Å². The molecule has 0 unspecified atom stereocenters. The summed E-state index contributed by atoms with van der Waals surface area (Å²) in [6.07, 6.45) is 0. The van der Waals surface area contributed by atoms with Crippen LogP contribution in [0.2, 0.25) is 5.28 Å². The number of nitrogens with zero attached hydrogens (tertiary/aromatic N) is 2. The predicted octanol–water partition coefficient (Wildman–Crippen LogP) is 6.32. The molecule has 5 aromatic rings. The summed E-state index contributed by atoms with van der Waals surface area (Å²) in [6, 6.07) is 23.0. The summed E-state index contributed by atoms with van der Waals surface area (Å²) in [4.78, 5) is 9.93. The van der Waals surface area contributed by atoms with Crippen LogP contribution in [0.5, 0.6) is 0 Å². The van der Waals surface area contributed by atoms with Gasteiger partial charge in [-0.1, -0.05) is 54.6 Å². The van der Waals surface area contributed by atoms with Crippen LogP contribution in [0.15, 0.2) is 66.7 Å². The standard InChI is InChI=1S/C20H11ClN2S/c21-20-22-18(14-10-9-12-5-1-2-6-13(12)11-14)17-15-7-3-4-8-16(15)24-19(17)23-20/h1-11H. The summed E-state index contributed by atoms with van der Waals surface area (Å²) in [5.74, 6) is 0. The van der Waals surface area contributed by atoms with Gasteiger partial charge >= 0.3 is 0 Å². The number of benzene rings is 3. The molecular formula is C20H11ClN2S. The van der Waals surface area contributed by atoms with Gasteiger partial charge in [0.1, 0.15) is 4.83 Å². The summed E-state index contributed by atoms with van der Waals surface area (Å²) >= 11 is 7.86. The van der Waals surface area contributed by atoms with Crippen molar-refractivity contribution in [2.24, 2.45) is 0 Å². The largest absolute Gasteiger partial charge is 0.224 e. The zero-order chi connectivity index (χ0) is 16.1. The van der Waals surface area contributed by atoms with E-state index in [1.54, 1.807) is 11.3 Å². The van der Waals surface area contributed by atoms with Crippen molar-refractivity contribution in [1.29, 1.82) is 0 Å². The fourth-order valence-electron chi connectivity index (χ4n) is 3.14. The molecule has 2 aromatic heterocycles. The Morgan fingerprint density at radius 2 is 1.58 bits per heavy atom. The Kier molecular flexibility index (Phi) is 3.05. The molecule has 24 heavy (non-hydrogen) atoms. The number of fused-ring (bicyclic) bond motifs is 4. The summed E-state index contributed by atoms with van der Waals surface area (Å²) in [6.45, 7) is 0. The predicted molar refractivity (Wildman–Crippen MR) is 103 cm³/mol. The van der Waals surface area contributed by atoms with Crippen molar-refractivity contribution >= 4 is 54.0 Å². The average molecular weight is 347 g/mol. The highest BCUT2D eigenvalue weighted by Gasteiger charge is 2.15. The molecule has 0 amide bonds. The maximum Gasteiger partial charge on any atom is 0.224 e. The Balaban J connectivity index is 1.90. The Morgan fingerprint density at radius 3 is 2.50 bits per heavy atom. The molecule has 114 valence electrons. The third kappa shape index (κ3) is 2.09. The molecule has 0 saturated heterocycles. The molecule has 4 heteroatoms. The normalized spacial score (nSPS) is 11.5. The number of hydrogen-bond donors (Lipinski definition) is 0. The first-order valence-corrected chi connectivity index (χ1v) is 8.83. The van der Waals surface area contributed by atoms with E-state index in [2.05, 4.69) is 58.5 Å². The molecule has 0 bridgehead atoms. The molecule has 0 aliphatic heterocycles. The molecule has 2 nitrogen and oxygen atoms in total. The molecule has 5 rings (SSSR count). The first-order valence-electron chi connectivity index (χ1n) is 7.63. The Hall–Kier alpha value is -2.49. The van der Waals surface area contributed by atoms with Crippen LogP contribution in [0.1, 0.15) is 0 Å². The zero-order valence-electron chi connectivity index (χ0n) is 12.5. The van der Waals surface area contributed by atoms with Crippen LogP contribution in [0.25, 0.3) is 42.3 Å². The van der Waals surface area contributed by atoms with Crippen molar-refractivity contribution < 1.29 is 0 Å². The molecule has 0 saturated carbocycles. The highest BCUT2D eigenvalue weighted by Crippen LogP contribution is 2.39. The zero-order valence-corrected chi connectivity index (χ0v) is 14.1. The smallest absolute Gasteiger partial charge is 0.217 e. The average Bonchev–Trinajstić information content (AvgIpc) is 2.98. The quantitative estimate of drug-likeness (QED) is 0.332. The molecule has 0 atom stereocenters. The van der Waals surface area contributed by atoms with Gasteiger partial charge in [0, 0.05) is 21.0 Å². The molecule has 0 aliphatic rings. The van der Waals surface area contributed by atoms with Crippen molar-refractivity contribution in [1.82, 2.24) is 9.97 Å². The van der Waals surface area contributed by atoms with Gasteiger partial charge in [0.2, 0.25) is 5.28 Å². The van der Waals surface area contributed by atoms with Crippen LogP contribution in [-0.4, -0.2) is 9.97 Å². The summed E-state index contributed by atoms with van der Waals surface area (Å²) in [7, 11) is 0. The Bertz CT molecular complexity index is 1230. The third-order valence-electron chi connectivity index (χ3n) is 4.23. The molecule has 2 heterocycles. The fraction of sp³-hybridized carbons (Fsp3) is 0. The third-order valence-corrected chi connectivity index (χ3v) is 5.47. The highest BCUT2D eigenvalue weighted by molar-refractivity contribution is 7.25. The monoisotopic (exact) mass is 346 g/mol. The summed E-state index contributed by atoms with van der Waals surface area (Å²) in [5.41, 5.74) is 1.96.